The highest BCUT2D eigenvalue weighted by molar-refractivity contribution is 7.92. The largest absolute Gasteiger partial charge is 0.491 e. The lowest BCUT2D eigenvalue weighted by atomic mass is 10.1. The lowest BCUT2D eigenvalue weighted by molar-refractivity contribution is 0.104. The predicted molar refractivity (Wildman–Crippen MR) is 154 cm³/mol. The van der Waals surface area contributed by atoms with Crippen LogP contribution in [0.25, 0.3) is 0 Å². The molecule has 0 aliphatic heterocycles. The van der Waals surface area contributed by atoms with Crippen molar-refractivity contribution in [3.05, 3.63) is 120 Å². The molecule has 39 heavy (non-hydrogen) atoms. The highest BCUT2D eigenvalue weighted by Crippen LogP contribution is 2.19. The van der Waals surface area contributed by atoms with Crippen LogP contribution in [0.3, 0.4) is 0 Å². The van der Waals surface area contributed by atoms with Crippen molar-refractivity contribution >= 4 is 15.7 Å². The molecule has 0 amide bonds. The Balaban J connectivity index is 1.15. The zero-order chi connectivity index (χ0) is 27.5. The minimum atomic E-state index is -3.62. The van der Waals surface area contributed by atoms with Crippen molar-refractivity contribution in [3.8, 4) is 11.5 Å². The number of rotatable bonds is 14. The minimum Gasteiger partial charge on any atom is -0.491 e. The van der Waals surface area contributed by atoms with Crippen molar-refractivity contribution < 1.29 is 23.0 Å². The summed E-state index contributed by atoms with van der Waals surface area (Å²) in [6, 6.07) is 33.0. The third-order valence-electron chi connectivity index (χ3n) is 6.02. The van der Waals surface area contributed by atoms with Gasteiger partial charge in [-0.25, -0.2) is 8.42 Å². The summed E-state index contributed by atoms with van der Waals surface area (Å²) in [5, 5.41) is 13.7. The van der Waals surface area contributed by atoms with Crippen LogP contribution in [0, 0.1) is 0 Å². The summed E-state index contributed by atoms with van der Waals surface area (Å²) in [5.74, 6) is 1.42. The smallest absolute Gasteiger partial charge is 0.261 e. The van der Waals surface area contributed by atoms with Gasteiger partial charge in [0, 0.05) is 18.3 Å². The van der Waals surface area contributed by atoms with E-state index in [1.807, 2.05) is 73.7 Å². The van der Waals surface area contributed by atoms with Crippen molar-refractivity contribution in [2.24, 2.45) is 0 Å². The van der Waals surface area contributed by atoms with Gasteiger partial charge in [-0.15, -0.1) is 0 Å². The summed E-state index contributed by atoms with van der Waals surface area (Å²) < 4.78 is 39.1. The Bertz CT molecular complexity index is 1380. The summed E-state index contributed by atoms with van der Waals surface area (Å²) >= 11 is 0. The van der Waals surface area contributed by atoms with Gasteiger partial charge in [0.25, 0.3) is 10.0 Å². The quantitative estimate of drug-likeness (QED) is 0.205. The van der Waals surface area contributed by atoms with E-state index >= 15 is 0 Å². The first kappa shape index (κ1) is 28.2. The highest BCUT2D eigenvalue weighted by atomic mass is 32.2. The molecule has 2 unspecified atom stereocenters. The maximum atomic E-state index is 12.5. The number of hydrogen-bond donors (Lipinski definition) is 3. The molecule has 0 heterocycles. The number of aliphatic hydroxyl groups excluding tert-OH is 1. The standard InChI is InChI=1S/C31H34N2O5S/c1-24(20-25-12-14-27(15-13-25)33-39(35,36)31-10-6-3-7-11-31)32-21-28(34)23-38-30-18-16-29(17-19-30)37-22-26-8-4-2-5-9-26/h2-19,24,28,32-34H,20-23H2,1H3. The minimum absolute atomic E-state index is 0.104. The lowest BCUT2D eigenvalue weighted by Gasteiger charge is -2.18. The monoisotopic (exact) mass is 546 g/mol. The van der Waals surface area contributed by atoms with Gasteiger partial charge in [0.1, 0.15) is 30.8 Å². The second-order valence-corrected chi connectivity index (χ2v) is 11.0. The summed E-state index contributed by atoms with van der Waals surface area (Å²) in [7, 11) is -3.62. The van der Waals surface area contributed by atoms with Crippen LogP contribution >= 0.6 is 0 Å². The molecule has 0 radical (unpaired) electrons. The lowest BCUT2D eigenvalue weighted by Crippen LogP contribution is -2.37. The van der Waals surface area contributed by atoms with E-state index < -0.39 is 16.1 Å². The van der Waals surface area contributed by atoms with E-state index in [9.17, 15) is 13.5 Å². The second-order valence-electron chi connectivity index (χ2n) is 9.34. The number of sulfonamides is 1. The van der Waals surface area contributed by atoms with Crippen LogP contribution in [0.2, 0.25) is 0 Å². The van der Waals surface area contributed by atoms with Crippen LogP contribution in [-0.2, 0) is 23.1 Å². The SMILES string of the molecule is CC(Cc1ccc(NS(=O)(=O)c2ccccc2)cc1)NCC(O)COc1ccc(OCc2ccccc2)cc1. The van der Waals surface area contributed by atoms with E-state index in [1.165, 1.54) is 0 Å². The maximum Gasteiger partial charge on any atom is 0.261 e. The third-order valence-corrected chi connectivity index (χ3v) is 7.42. The first-order valence-electron chi connectivity index (χ1n) is 12.9. The number of ether oxygens (including phenoxy) is 2. The molecule has 0 fully saturated rings. The predicted octanol–water partition coefficient (Wildman–Crippen LogP) is 5.03. The fraction of sp³-hybridized carbons (Fsp3) is 0.226. The maximum absolute atomic E-state index is 12.5. The Labute approximate surface area is 230 Å². The Hall–Kier alpha value is -3.85. The van der Waals surface area contributed by atoms with Gasteiger partial charge >= 0.3 is 0 Å². The summed E-state index contributed by atoms with van der Waals surface area (Å²) in [4.78, 5) is 0.222. The Morgan fingerprint density at radius 2 is 1.33 bits per heavy atom. The highest BCUT2D eigenvalue weighted by Gasteiger charge is 2.14. The molecule has 0 spiro atoms. The Morgan fingerprint density at radius 1 is 0.744 bits per heavy atom. The topological polar surface area (TPSA) is 96.9 Å². The van der Waals surface area contributed by atoms with Crippen LogP contribution < -0.4 is 19.5 Å². The van der Waals surface area contributed by atoms with Gasteiger partial charge in [-0.3, -0.25) is 4.72 Å². The van der Waals surface area contributed by atoms with Crippen LogP contribution in [0.1, 0.15) is 18.1 Å². The molecule has 4 aromatic rings. The number of nitrogens with one attached hydrogen (secondary N) is 2. The number of anilines is 1. The van der Waals surface area contributed by atoms with Crippen molar-refractivity contribution in [1.82, 2.24) is 5.32 Å². The van der Waals surface area contributed by atoms with Gasteiger partial charge < -0.3 is 19.9 Å². The molecule has 0 aliphatic carbocycles. The van der Waals surface area contributed by atoms with E-state index in [0.717, 1.165) is 23.3 Å². The molecule has 0 aromatic heterocycles. The molecule has 0 aliphatic rings. The van der Waals surface area contributed by atoms with Gasteiger partial charge in [0.05, 0.1) is 4.90 Å². The van der Waals surface area contributed by atoms with Crippen molar-refractivity contribution in [2.45, 2.75) is 37.0 Å². The molecule has 7 nitrogen and oxygen atoms in total. The molecule has 2 atom stereocenters. The summed E-state index contributed by atoms with van der Waals surface area (Å²) in [6.45, 7) is 3.09. The molecule has 4 rings (SSSR count). The number of benzene rings is 4. The van der Waals surface area contributed by atoms with Crippen LogP contribution in [-0.4, -0.2) is 38.8 Å². The van der Waals surface area contributed by atoms with Crippen molar-refractivity contribution in [2.75, 3.05) is 17.9 Å². The molecule has 4 aromatic carbocycles. The first-order valence-corrected chi connectivity index (χ1v) is 14.3. The van der Waals surface area contributed by atoms with E-state index in [1.54, 1.807) is 42.5 Å². The Morgan fingerprint density at radius 3 is 1.97 bits per heavy atom. The average Bonchev–Trinajstić information content (AvgIpc) is 2.96. The number of aliphatic hydroxyl groups is 1. The second kappa shape index (κ2) is 13.8. The molecule has 8 heteroatoms. The molecule has 3 N–H and O–H groups in total. The first-order chi connectivity index (χ1) is 18.9. The molecule has 0 bridgehead atoms. The van der Waals surface area contributed by atoms with Crippen LogP contribution in [0.5, 0.6) is 11.5 Å². The van der Waals surface area contributed by atoms with Crippen molar-refractivity contribution in [3.63, 3.8) is 0 Å². The van der Waals surface area contributed by atoms with E-state index in [-0.39, 0.29) is 17.5 Å². The number of hydrogen-bond acceptors (Lipinski definition) is 6. The summed E-state index contributed by atoms with van der Waals surface area (Å²) in [6.07, 6.45) is 0.0558. The molecule has 204 valence electrons. The average molecular weight is 547 g/mol. The fourth-order valence-corrected chi connectivity index (χ4v) is 4.99. The van der Waals surface area contributed by atoms with E-state index in [0.29, 0.717) is 24.6 Å². The fourth-order valence-electron chi connectivity index (χ4n) is 3.91. The van der Waals surface area contributed by atoms with Gasteiger partial charge in [-0.1, -0.05) is 60.7 Å². The van der Waals surface area contributed by atoms with Gasteiger partial charge in [0.15, 0.2) is 0 Å². The zero-order valence-corrected chi connectivity index (χ0v) is 22.7. The van der Waals surface area contributed by atoms with Crippen LogP contribution in [0.4, 0.5) is 5.69 Å². The van der Waals surface area contributed by atoms with Gasteiger partial charge in [-0.05, 0) is 73.0 Å². The van der Waals surface area contributed by atoms with Crippen LogP contribution in [0.15, 0.2) is 114 Å². The zero-order valence-electron chi connectivity index (χ0n) is 21.9. The molecule has 0 saturated heterocycles. The summed E-state index contributed by atoms with van der Waals surface area (Å²) in [5.41, 5.74) is 2.66. The third kappa shape index (κ3) is 9.14. The van der Waals surface area contributed by atoms with E-state index in [2.05, 4.69) is 10.0 Å². The van der Waals surface area contributed by atoms with Gasteiger partial charge in [-0.2, -0.15) is 0 Å². The molecular formula is C31H34N2O5S. The molecular weight excluding hydrogens is 512 g/mol. The van der Waals surface area contributed by atoms with E-state index in [4.69, 9.17) is 9.47 Å². The van der Waals surface area contributed by atoms with Crippen molar-refractivity contribution in [1.29, 1.82) is 0 Å². The normalized spacial score (nSPS) is 12.9. The Kier molecular flexibility index (Phi) is 9.97. The van der Waals surface area contributed by atoms with Gasteiger partial charge in [0.2, 0.25) is 0 Å². The molecule has 0 saturated carbocycles.